The average molecular weight is 257 g/mol. The fourth-order valence-electron chi connectivity index (χ4n) is 1.97. The van der Waals surface area contributed by atoms with Crippen LogP contribution in [0.15, 0.2) is 0 Å². The van der Waals surface area contributed by atoms with Gasteiger partial charge in [-0.1, -0.05) is 27.7 Å². The maximum Gasteiger partial charge on any atom is 0.00386 e. The molecule has 0 fully saturated rings. The van der Waals surface area contributed by atoms with Gasteiger partial charge < -0.3 is 15.5 Å². The lowest BCUT2D eigenvalue weighted by Crippen LogP contribution is -2.36. The van der Waals surface area contributed by atoms with Crippen LogP contribution in [0.5, 0.6) is 0 Å². The van der Waals surface area contributed by atoms with Crippen LogP contribution in [0.2, 0.25) is 0 Å². The van der Waals surface area contributed by atoms with Crippen LogP contribution in [0.25, 0.3) is 0 Å². The lowest BCUT2D eigenvalue weighted by molar-refractivity contribution is 0.214. The molecule has 0 unspecified atom stereocenters. The van der Waals surface area contributed by atoms with Crippen molar-refractivity contribution in [2.45, 2.75) is 72.5 Å². The summed E-state index contributed by atoms with van der Waals surface area (Å²) in [6, 6.07) is 1.86. The number of nitrogens with one attached hydrogen (secondary N) is 2. The van der Waals surface area contributed by atoms with E-state index in [1.807, 2.05) is 0 Å². The molecule has 0 amide bonds. The van der Waals surface area contributed by atoms with Crippen molar-refractivity contribution in [3.05, 3.63) is 0 Å². The van der Waals surface area contributed by atoms with Gasteiger partial charge in [0, 0.05) is 18.1 Å². The molecule has 0 atom stereocenters. The Kier molecular flexibility index (Phi) is 10.7. The standard InChI is InChI=1S/C15H35N3/c1-13(2)16-9-7-11-18(15(5)6)12-8-10-17-14(3)4/h13-17H,7-12H2,1-6H3. The van der Waals surface area contributed by atoms with Crippen LogP contribution in [0.1, 0.15) is 54.4 Å². The van der Waals surface area contributed by atoms with E-state index in [9.17, 15) is 0 Å². The highest BCUT2D eigenvalue weighted by molar-refractivity contribution is 4.65. The second kappa shape index (κ2) is 10.8. The molecule has 18 heavy (non-hydrogen) atoms. The Hall–Kier alpha value is -0.120. The summed E-state index contributed by atoms with van der Waals surface area (Å²) in [5.41, 5.74) is 0. The fourth-order valence-corrected chi connectivity index (χ4v) is 1.97. The molecule has 0 aromatic rings. The van der Waals surface area contributed by atoms with Crippen LogP contribution in [-0.2, 0) is 0 Å². The molecule has 0 aromatic heterocycles. The van der Waals surface area contributed by atoms with Crippen molar-refractivity contribution in [2.75, 3.05) is 26.2 Å². The van der Waals surface area contributed by atoms with Crippen LogP contribution in [-0.4, -0.2) is 49.2 Å². The number of hydrogen-bond acceptors (Lipinski definition) is 3. The molecule has 0 aliphatic heterocycles. The third kappa shape index (κ3) is 11.0. The van der Waals surface area contributed by atoms with Crippen molar-refractivity contribution >= 4 is 0 Å². The minimum absolute atomic E-state index is 0.604. The lowest BCUT2D eigenvalue weighted by Gasteiger charge is -2.27. The first-order valence-electron chi connectivity index (χ1n) is 7.64. The average Bonchev–Trinajstić information content (AvgIpc) is 2.25. The zero-order valence-corrected chi connectivity index (χ0v) is 13.4. The highest BCUT2D eigenvalue weighted by atomic mass is 15.1. The summed E-state index contributed by atoms with van der Waals surface area (Å²) < 4.78 is 0. The predicted molar refractivity (Wildman–Crippen MR) is 82.2 cm³/mol. The molecule has 0 aliphatic rings. The van der Waals surface area contributed by atoms with Crippen LogP contribution >= 0.6 is 0 Å². The molecule has 0 saturated carbocycles. The van der Waals surface area contributed by atoms with Gasteiger partial charge in [0.05, 0.1) is 0 Å². The molecule has 110 valence electrons. The monoisotopic (exact) mass is 257 g/mol. The number of rotatable bonds is 11. The van der Waals surface area contributed by atoms with Gasteiger partial charge in [-0.05, 0) is 52.9 Å². The molecule has 3 heteroatoms. The number of nitrogens with zero attached hydrogens (tertiary/aromatic N) is 1. The summed E-state index contributed by atoms with van der Waals surface area (Å²) in [6.45, 7) is 18.1. The number of hydrogen-bond donors (Lipinski definition) is 2. The Morgan fingerprint density at radius 1 is 0.722 bits per heavy atom. The first-order chi connectivity index (χ1) is 8.43. The van der Waals surface area contributed by atoms with E-state index >= 15 is 0 Å². The van der Waals surface area contributed by atoms with E-state index in [0.717, 1.165) is 13.1 Å². The molecule has 0 spiro atoms. The minimum atomic E-state index is 0.604. The Labute approximate surface area is 115 Å². The van der Waals surface area contributed by atoms with Gasteiger partial charge in [-0.25, -0.2) is 0 Å². The second-order valence-corrected chi connectivity index (χ2v) is 6.05. The van der Waals surface area contributed by atoms with E-state index in [1.165, 1.54) is 25.9 Å². The van der Waals surface area contributed by atoms with Gasteiger partial charge in [0.1, 0.15) is 0 Å². The molecule has 0 bridgehead atoms. The normalized spacial score (nSPS) is 12.3. The van der Waals surface area contributed by atoms with Gasteiger partial charge in [-0.2, -0.15) is 0 Å². The minimum Gasteiger partial charge on any atom is -0.314 e. The first kappa shape index (κ1) is 17.9. The molecule has 0 saturated heterocycles. The fraction of sp³-hybridized carbons (Fsp3) is 1.00. The van der Waals surface area contributed by atoms with E-state index in [-0.39, 0.29) is 0 Å². The van der Waals surface area contributed by atoms with E-state index in [2.05, 4.69) is 57.1 Å². The van der Waals surface area contributed by atoms with Crippen molar-refractivity contribution in [1.82, 2.24) is 15.5 Å². The van der Waals surface area contributed by atoms with Crippen molar-refractivity contribution in [1.29, 1.82) is 0 Å². The van der Waals surface area contributed by atoms with Crippen LogP contribution < -0.4 is 10.6 Å². The van der Waals surface area contributed by atoms with Crippen molar-refractivity contribution in [2.24, 2.45) is 0 Å². The van der Waals surface area contributed by atoms with E-state index in [0.29, 0.717) is 18.1 Å². The highest BCUT2D eigenvalue weighted by Gasteiger charge is 2.08. The first-order valence-corrected chi connectivity index (χ1v) is 7.64. The summed E-state index contributed by atoms with van der Waals surface area (Å²) in [7, 11) is 0. The predicted octanol–water partition coefficient (Wildman–Crippen LogP) is 2.47. The van der Waals surface area contributed by atoms with E-state index < -0.39 is 0 Å². The third-order valence-corrected chi connectivity index (χ3v) is 3.08. The zero-order chi connectivity index (χ0) is 14.0. The molecule has 0 radical (unpaired) electrons. The van der Waals surface area contributed by atoms with Gasteiger partial charge in [0.25, 0.3) is 0 Å². The quantitative estimate of drug-likeness (QED) is 0.557. The van der Waals surface area contributed by atoms with E-state index in [4.69, 9.17) is 0 Å². The topological polar surface area (TPSA) is 27.3 Å². The SMILES string of the molecule is CC(C)NCCCN(CCCNC(C)C)C(C)C. The highest BCUT2D eigenvalue weighted by Crippen LogP contribution is 2.01. The molecular formula is C15H35N3. The smallest absolute Gasteiger partial charge is 0.00386 e. The molecule has 0 rings (SSSR count). The second-order valence-electron chi connectivity index (χ2n) is 6.05. The van der Waals surface area contributed by atoms with E-state index in [1.54, 1.807) is 0 Å². The summed E-state index contributed by atoms with van der Waals surface area (Å²) in [4.78, 5) is 2.59. The molecule has 0 heterocycles. The molecule has 2 N–H and O–H groups in total. The maximum atomic E-state index is 3.48. The summed E-state index contributed by atoms with van der Waals surface area (Å²) in [5.74, 6) is 0. The summed E-state index contributed by atoms with van der Waals surface area (Å²) in [5, 5.41) is 6.97. The molecule has 3 nitrogen and oxygen atoms in total. The maximum absolute atomic E-state index is 3.48. The Morgan fingerprint density at radius 3 is 1.39 bits per heavy atom. The third-order valence-electron chi connectivity index (χ3n) is 3.08. The van der Waals surface area contributed by atoms with Gasteiger partial charge in [-0.3, -0.25) is 0 Å². The van der Waals surface area contributed by atoms with Gasteiger partial charge in [-0.15, -0.1) is 0 Å². The summed E-state index contributed by atoms with van der Waals surface area (Å²) >= 11 is 0. The zero-order valence-electron chi connectivity index (χ0n) is 13.4. The van der Waals surface area contributed by atoms with Gasteiger partial charge >= 0.3 is 0 Å². The molecule has 0 aromatic carbocycles. The lowest BCUT2D eigenvalue weighted by atomic mass is 10.2. The van der Waals surface area contributed by atoms with Crippen LogP contribution in [0.3, 0.4) is 0 Å². The molecule has 0 aliphatic carbocycles. The van der Waals surface area contributed by atoms with Crippen molar-refractivity contribution in [3.63, 3.8) is 0 Å². The Balaban J connectivity index is 3.65. The summed E-state index contributed by atoms with van der Waals surface area (Å²) in [6.07, 6.45) is 2.49. The van der Waals surface area contributed by atoms with Crippen molar-refractivity contribution in [3.8, 4) is 0 Å². The largest absolute Gasteiger partial charge is 0.314 e. The molecular weight excluding hydrogens is 222 g/mol. The van der Waals surface area contributed by atoms with Crippen LogP contribution in [0.4, 0.5) is 0 Å². The van der Waals surface area contributed by atoms with Crippen LogP contribution in [0, 0.1) is 0 Å². The van der Waals surface area contributed by atoms with Gasteiger partial charge in [0.2, 0.25) is 0 Å². The van der Waals surface area contributed by atoms with Crippen molar-refractivity contribution < 1.29 is 0 Å². The Bertz CT molecular complexity index is 163. The Morgan fingerprint density at radius 2 is 1.11 bits per heavy atom. The van der Waals surface area contributed by atoms with Gasteiger partial charge in [0.15, 0.2) is 0 Å².